The molecule has 0 aromatic heterocycles. The van der Waals surface area contributed by atoms with Crippen molar-refractivity contribution in [3.8, 4) is 5.75 Å². The van der Waals surface area contributed by atoms with Gasteiger partial charge in [-0.3, -0.25) is 14.4 Å². The monoisotopic (exact) mass is 811 g/mol. The van der Waals surface area contributed by atoms with Crippen LogP contribution in [0.2, 0.25) is 0 Å². The van der Waals surface area contributed by atoms with Crippen molar-refractivity contribution < 1.29 is 39.2 Å². The molecule has 3 aliphatic rings. The SMILES string of the molecule is O=C(O)C(Cc1cccc(CCNC(=O)N(CCOc2cccc(CC(C(=O)O)C3CCNC3)c2)CCc2cccc(CC(C(=O)O)C3CCNC3)c2)c1)C1CCNC1. The Bertz CT molecular complexity index is 1860. The first kappa shape index (κ1) is 43.6. The van der Waals surface area contributed by atoms with Gasteiger partial charge in [0, 0.05) is 13.1 Å². The number of carbonyl (C=O) groups is 4. The first-order valence-electron chi connectivity index (χ1n) is 21.3. The highest BCUT2D eigenvalue weighted by Crippen LogP contribution is 2.27. The Labute approximate surface area is 347 Å². The smallest absolute Gasteiger partial charge is 0.317 e. The number of hydrogen-bond donors (Lipinski definition) is 7. The van der Waals surface area contributed by atoms with E-state index in [0.717, 1.165) is 73.3 Å². The Hall–Kier alpha value is -4.98. The molecule has 7 N–H and O–H groups in total. The van der Waals surface area contributed by atoms with Crippen molar-refractivity contribution in [1.82, 2.24) is 26.2 Å². The molecule has 3 aromatic rings. The lowest BCUT2D eigenvalue weighted by molar-refractivity contribution is -0.144. The average Bonchev–Trinajstić information content (AvgIpc) is 4.05. The van der Waals surface area contributed by atoms with E-state index >= 15 is 0 Å². The number of carbonyl (C=O) groups excluding carboxylic acids is 1. The minimum atomic E-state index is -0.790. The molecule has 13 heteroatoms. The quantitative estimate of drug-likeness (QED) is 0.0774. The number of benzene rings is 3. The van der Waals surface area contributed by atoms with Crippen LogP contribution in [0.3, 0.4) is 0 Å². The summed E-state index contributed by atoms with van der Waals surface area (Å²) in [5.41, 5.74) is 4.86. The summed E-state index contributed by atoms with van der Waals surface area (Å²) in [7, 11) is 0. The number of aliphatic carboxylic acids is 3. The second-order valence-corrected chi connectivity index (χ2v) is 16.6. The highest BCUT2D eigenvalue weighted by Gasteiger charge is 2.33. The van der Waals surface area contributed by atoms with E-state index in [1.165, 1.54) is 0 Å². The molecule has 0 bridgehead atoms. The van der Waals surface area contributed by atoms with E-state index in [0.29, 0.717) is 70.6 Å². The lowest BCUT2D eigenvalue weighted by Gasteiger charge is -2.24. The maximum Gasteiger partial charge on any atom is 0.317 e. The first-order valence-corrected chi connectivity index (χ1v) is 21.3. The predicted molar refractivity (Wildman–Crippen MR) is 225 cm³/mol. The Morgan fingerprint density at radius 2 is 1.05 bits per heavy atom. The summed E-state index contributed by atoms with van der Waals surface area (Å²) in [4.78, 5) is 51.9. The Balaban J connectivity index is 1.08. The molecule has 318 valence electrons. The zero-order valence-corrected chi connectivity index (χ0v) is 34.0. The van der Waals surface area contributed by atoms with Crippen molar-refractivity contribution in [2.75, 3.05) is 65.5 Å². The predicted octanol–water partition coefficient (Wildman–Crippen LogP) is 4.12. The van der Waals surface area contributed by atoms with Crippen LogP contribution >= 0.6 is 0 Å². The maximum absolute atomic E-state index is 13.8. The molecular formula is C46H61N5O8. The Kier molecular flexibility index (Phi) is 16.2. The fourth-order valence-corrected chi connectivity index (χ4v) is 9.05. The van der Waals surface area contributed by atoms with Gasteiger partial charge in [-0.05, 0) is 148 Å². The third-order valence-electron chi connectivity index (χ3n) is 12.5. The number of ether oxygens (including phenoxy) is 1. The summed E-state index contributed by atoms with van der Waals surface area (Å²) in [5, 5.41) is 42.8. The molecule has 6 unspecified atom stereocenters. The lowest BCUT2D eigenvalue weighted by Crippen LogP contribution is -2.43. The van der Waals surface area contributed by atoms with Gasteiger partial charge in [0.05, 0.1) is 24.3 Å². The summed E-state index contributed by atoms with van der Waals surface area (Å²) in [6.07, 6.45) is 5.03. The van der Waals surface area contributed by atoms with E-state index in [2.05, 4.69) is 21.3 Å². The number of amides is 2. The normalized spacial score (nSPS) is 20.4. The molecule has 0 spiro atoms. The van der Waals surface area contributed by atoms with Crippen LogP contribution in [0.4, 0.5) is 4.79 Å². The van der Waals surface area contributed by atoms with Gasteiger partial charge in [0.15, 0.2) is 0 Å². The number of rotatable bonds is 22. The van der Waals surface area contributed by atoms with Crippen LogP contribution < -0.4 is 26.0 Å². The highest BCUT2D eigenvalue weighted by atomic mass is 16.5. The minimum Gasteiger partial charge on any atom is -0.492 e. The number of nitrogens with zero attached hydrogens (tertiary/aromatic N) is 1. The zero-order valence-electron chi connectivity index (χ0n) is 34.0. The number of carboxylic acids is 3. The van der Waals surface area contributed by atoms with Crippen LogP contribution in [0.25, 0.3) is 0 Å². The molecule has 3 aromatic carbocycles. The van der Waals surface area contributed by atoms with Gasteiger partial charge in [-0.15, -0.1) is 0 Å². The molecule has 3 heterocycles. The van der Waals surface area contributed by atoms with Gasteiger partial charge < -0.3 is 46.2 Å². The molecule has 3 saturated heterocycles. The van der Waals surface area contributed by atoms with E-state index in [1.54, 1.807) is 4.90 Å². The van der Waals surface area contributed by atoms with Gasteiger partial charge in [0.2, 0.25) is 0 Å². The number of nitrogens with one attached hydrogen (secondary N) is 4. The number of urea groups is 1. The number of hydrogen-bond acceptors (Lipinski definition) is 8. The third kappa shape index (κ3) is 13.0. The second kappa shape index (κ2) is 21.9. The number of carboxylic acid groups (broad SMARTS) is 3. The Morgan fingerprint density at radius 3 is 1.51 bits per heavy atom. The van der Waals surface area contributed by atoms with Crippen LogP contribution in [-0.4, -0.2) is 110 Å². The van der Waals surface area contributed by atoms with E-state index in [-0.39, 0.29) is 30.4 Å². The van der Waals surface area contributed by atoms with Crippen molar-refractivity contribution in [3.05, 3.63) is 101 Å². The molecule has 3 aliphatic heterocycles. The first-order chi connectivity index (χ1) is 28.6. The van der Waals surface area contributed by atoms with Crippen molar-refractivity contribution in [2.45, 2.75) is 51.4 Å². The van der Waals surface area contributed by atoms with Crippen LogP contribution in [0.1, 0.15) is 47.1 Å². The fraction of sp³-hybridized carbons (Fsp3) is 0.522. The Morgan fingerprint density at radius 1 is 0.610 bits per heavy atom. The van der Waals surface area contributed by atoms with Crippen LogP contribution in [-0.2, 0) is 46.5 Å². The molecule has 0 aliphatic carbocycles. The van der Waals surface area contributed by atoms with Crippen LogP contribution in [0, 0.1) is 35.5 Å². The maximum atomic E-state index is 13.8. The van der Waals surface area contributed by atoms with E-state index in [4.69, 9.17) is 4.74 Å². The highest BCUT2D eigenvalue weighted by molar-refractivity contribution is 5.74. The lowest BCUT2D eigenvalue weighted by atomic mass is 9.86. The van der Waals surface area contributed by atoms with Crippen LogP contribution in [0.15, 0.2) is 72.8 Å². The topological polar surface area (TPSA) is 190 Å². The van der Waals surface area contributed by atoms with E-state index in [9.17, 15) is 34.5 Å². The second-order valence-electron chi connectivity index (χ2n) is 16.6. The van der Waals surface area contributed by atoms with Gasteiger partial charge in [-0.25, -0.2) is 4.79 Å². The van der Waals surface area contributed by atoms with E-state index < -0.39 is 35.7 Å². The van der Waals surface area contributed by atoms with Gasteiger partial charge in [0.25, 0.3) is 0 Å². The molecule has 13 nitrogen and oxygen atoms in total. The molecule has 6 rings (SSSR count). The largest absolute Gasteiger partial charge is 0.492 e. The average molecular weight is 812 g/mol. The third-order valence-corrected chi connectivity index (χ3v) is 12.5. The fourth-order valence-electron chi connectivity index (χ4n) is 9.05. The molecule has 6 atom stereocenters. The molecule has 3 fully saturated rings. The molecular weight excluding hydrogens is 751 g/mol. The van der Waals surface area contributed by atoms with Gasteiger partial charge in [-0.2, -0.15) is 0 Å². The van der Waals surface area contributed by atoms with Crippen molar-refractivity contribution in [3.63, 3.8) is 0 Å². The van der Waals surface area contributed by atoms with Crippen LogP contribution in [0.5, 0.6) is 5.75 Å². The summed E-state index contributed by atoms with van der Waals surface area (Å²) in [6, 6.07) is 23.2. The summed E-state index contributed by atoms with van der Waals surface area (Å²) in [5.74, 6) is -2.82. The summed E-state index contributed by atoms with van der Waals surface area (Å²) >= 11 is 0. The van der Waals surface area contributed by atoms with E-state index in [1.807, 2.05) is 72.8 Å². The van der Waals surface area contributed by atoms with Gasteiger partial charge in [-0.1, -0.05) is 60.7 Å². The van der Waals surface area contributed by atoms with Gasteiger partial charge >= 0.3 is 23.9 Å². The molecule has 0 radical (unpaired) electrons. The summed E-state index contributed by atoms with van der Waals surface area (Å²) < 4.78 is 6.17. The van der Waals surface area contributed by atoms with Crippen molar-refractivity contribution in [1.29, 1.82) is 0 Å². The zero-order chi connectivity index (χ0) is 41.6. The standard InChI is InChI=1S/C46H61N5O8/c52-43(53)40(36-11-15-47-28-36)25-33-6-1-4-31(22-33)10-18-50-46(58)51(19-14-32-5-2-7-34(23-32)26-41(44(54)55)37-12-16-48-29-37)20-21-59-39-9-3-8-35(24-39)27-42(45(56)57)38-13-17-49-30-38/h1-9,22-24,36-38,40-42,47-49H,10-21,25-30H2,(H,50,58)(H,52,53)(H,54,55)(H,56,57). The molecule has 59 heavy (non-hydrogen) atoms. The summed E-state index contributed by atoms with van der Waals surface area (Å²) in [6.45, 7) is 5.97. The minimum absolute atomic E-state index is 0.0839. The molecule has 2 amide bonds. The van der Waals surface area contributed by atoms with Crippen molar-refractivity contribution >= 4 is 23.9 Å². The van der Waals surface area contributed by atoms with Crippen molar-refractivity contribution in [2.24, 2.45) is 35.5 Å². The van der Waals surface area contributed by atoms with Gasteiger partial charge in [0.1, 0.15) is 12.4 Å². The molecule has 0 saturated carbocycles.